The molecule has 0 radical (unpaired) electrons. The third-order valence-corrected chi connectivity index (χ3v) is 3.09. The fourth-order valence-corrected chi connectivity index (χ4v) is 1.88. The summed E-state index contributed by atoms with van der Waals surface area (Å²) in [6, 6.07) is 14.9. The number of alkyl carbamates (subject to hydrolysis) is 1. The van der Waals surface area contributed by atoms with Crippen LogP contribution in [-0.4, -0.2) is 17.6 Å². The largest absolute Gasteiger partial charge is 0.445 e. The normalized spacial score (nSPS) is 9.24. The second-order valence-electron chi connectivity index (χ2n) is 4.82. The highest BCUT2D eigenvalue weighted by Gasteiger charge is 2.09. The van der Waals surface area contributed by atoms with Gasteiger partial charge in [0.2, 0.25) is 0 Å². The standard InChI is InChI=1S/C18H13N3O4/c19-12-16-11-17(21(23)24)9-8-15(16)7-4-10-20-18(22)25-13-14-5-2-1-3-6-14/h1-3,5-6,8-9,11H,10,13H2,(H,20,22). The Bertz CT molecular complexity index is 877. The van der Waals surface area contributed by atoms with Gasteiger partial charge < -0.3 is 10.1 Å². The molecule has 1 N–H and O–H groups in total. The number of amides is 1. The number of nitriles is 1. The lowest BCUT2D eigenvalue weighted by molar-refractivity contribution is -0.384. The van der Waals surface area contributed by atoms with Crippen molar-refractivity contribution < 1.29 is 14.5 Å². The van der Waals surface area contributed by atoms with E-state index in [2.05, 4.69) is 17.2 Å². The lowest BCUT2D eigenvalue weighted by Gasteiger charge is -2.04. The number of hydrogen-bond donors (Lipinski definition) is 1. The van der Waals surface area contributed by atoms with E-state index < -0.39 is 11.0 Å². The van der Waals surface area contributed by atoms with Gasteiger partial charge in [-0.25, -0.2) is 4.79 Å². The zero-order chi connectivity index (χ0) is 18.1. The number of nitrogens with zero attached hydrogens (tertiary/aromatic N) is 2. The fourth-order valence-electron chi connectivity index (χ4n) is 1.88. The van der Waals surface area contributed by atoms with Crippen LogP contribution < -0.4 is 5.32 Å². The first-order valence-electron chi connectivity index (χ1n) is 7.22. The van der Waals surface area contributed by atoms with Crippen LogP contribution in [0.3, 0.4) is 0 Å². The predicted octanol–water partition coefficient (Wildman–Crippen LogP) is 2.74. The Kier molecular flexibility index (Phi) is 6.10. The Labute approximate surface area is 144 Å². The van der Waals surface area contributed by atoms with Crippen LogP contribution in [0.15, 0.2) is 48.5 Å². The van der Waals surface area contributed by atoms with Gasteiger partial charge in [0.05, 0.1) is 17.0 Å². The van der Waals surface area contributed by atoms with E-state index in [1.807, 2.05) is 36.4 Å². The molecule has 124 valence electrons. The van der Waals surface area contributed by atoms with E-state index in [9.17, 15) is 14.9 Å². The number of ether oxygens (including phenoxy) is 1. The summed E-state index contributed by atoms with van der Waals surface area (Å²) in [4.78, 5) is 21.6. The van der Waals surface area contributed by atoms with Crippen molar-refractivity contribution in [3.8, 4) is 17.9 Å². The molecular formula is C18H13N3O4. The van der Waals surface area contributed by atoms with Gasteiger partial charge in [-0.1, -0.05) is 42.2 Å². The average molecular weight is 335 g/mol. The number of hydrogen-bond acceptors (Lipinski definition) is 5. The molecule has 0 atom stereocenters. The Morgan fingerprint density at radius 1 is 1.20 bits per heavy atom. The molecule has 0 unspecified atom stereocenters. The van der Waals surface area contributed by atoms with E-state index in [0.29, 0.717) is 5.56 Å². The van der Waals surface area contributed by atoms with Gasteiger partial charge in [-0.2, -0.15) is 5.26 Å². The summed E-state index contributed by atoms with van der Waals surface area (Å²) >= 11 is 0. The molecule has 7 heteroatoms. The maximum atomic E-state index is 11.5. The first-order chi connectivity index (χ1) is 12.1. The molecule has 7 nitrogen and oxygen atoms in total. The number of carbonyl (C=O) groups is 1. The highest BCUT2D eigenvalue weighted by molar-refractivity contribution is 5.67. The zero-order valence-corrected chi connectivity index (χ0v) is 13.1. The molecule has 0 fully saturated rings. The summed E-state index contributed by atoms with van der Waals surface area (Å²) < 4.78 is 5.02. The maximum absolute atomic E-state index is 11.5. The summed E-state index contributed by atoms with van der Waals surface area (Å²) in [7, 11) is 0. The van der Waals surface area contributed by atoms with Crippen LogP contribution in [0.4, 0.5) is 10.5 Å². The first kappa shape index (κ1) is 17.5. The average Bonchev–Trinajstić information content (AvgIpc) is 2.64. The fraction of sp³-hybridized carbons (Fsp3) is 0.111. The maximum Gasteiger partial charge on any atom is 0.408 e. The molecule has 0 spiro atoms. The first-order valence-corrected chi connectivity index (χ1v) is 7.22. The Hall–Kier alpha value is -3.84. The molecule has 0 saturated carbocycles. The minimum absolute atomic E-state index is 0.0233. The van der Waals surface area contributed by atoms with Gasteiger partial charge >= 0.3 is 6.09 Å². The minimum Gasteiger partial charge on any atom is -0.445 e. The second kappa shape index (κ2) is 8.70. The van der Waals surface area contributed by atoms with Crippen molar-refractivity contribution in [2.24, 2.45) is 0 Å². The van der Waals surface area contributed by atoms with Crippen molar-refractivity contribution in [1.29, 1.82) is 5.26 Å². The van der Waals surface area contributed by atoms with E-state index in [1.165, 1.54) is 12.1 Å². The molecule has 0 saturated heterocycles. The molecule has 2 aromatic carbocycles. The summed E-state index contributed by atoms with van der Waals surface area (Å²) in [5.41, 5.74) is 1.15. The van der Waals surface area contributed by atoms with Gasteiger partial charge in [-0.15, -0.1) is 0 Å². The van der Waals surface area contributed by atoms with Gasteiger partial charge in [0.15, 0.2) is 0 Å². The molecule has 0 aromatic heterocycles. The molecule has 0 aliphatic rings. The van der Waals surface area contributed by atoms with Crippen molar-refractivity contribution in [2.45, 2.75) is 6.61 Å². The zero-order valence-electron chi connectivity index (χ0n) is 13.1. The van der Waals surface area contributed by atoms with Crippen molar-refractivity contribution in [3.63, 3.8) is 0 Å². The van der Waals surface area contributed by atoms with Crippen LogP contribution in [0.1, 0.15) is 16.7 Å². The van der Waals surface area contributed by atoms with Crippen molar-refractivity contribution in [1.82, 2.24) is 5.32 Å². The number of non-ortho nitro benzene ring substituents is 1. The molecule has 2 rings (SSSR count). The van der Waals surface area contributed by atoms with Crippen LogP contribution in [0.2, 0.25) is 0 Å². The molecule has 0 aliphatic carbocycles. The molecule has 0 aliphatic heterocycles. The summed E-state index contributed by atoms with van der Waals surface area (Å²) in [6.07, 6.45) is -0.609. The molecule has 0 bridgehead atoms. The van der Waals surface area contributed by atoms with Gasteiger partial charge in [0.1, 0.15) is 12.7 Å². The summed E-state index contributed by atoms with van der Waals surface area (Å²) in [5.74, 6) is 5.37. The lowest BCUT2D eigenvalue weighted by atomic mass is 10.1. The van der Waals surface area contributed by atoms with Gasteiger partial charge in [-0.3, -0.25) is 10.1 Å². The van der Waals surface area contributed by atoms with E-state index in [1.54, 1.807) is 0 Å². The predicted molar refractivity (Wildman–Crippen MR) is 89.3 cm³/mol. The van der Waals surface area contributed by atoms with Crippen LogP contribution >= 0.6 is 0 Å². The molecule has 1 amide bonds. The van der Waals surface area contributed by atoms with E-state index in [4.69, 9.17) is 10.00 Å². The monoisotopic (exact) mass is 335 g/mol. The van der Waals surface area contributed by atoms with Gasteiger partial charge in [-0.05, 0) is 11.6 Å². The quantitative estimate of drug-likeness (QED) is 0.525. The molecule has 25 heavy (non-hydrogen) atoms. The van der Waals surface area contributed by atoms with Gasteiger partial charge in [0.25, 0.3) is 5.69 Å². The van der Waals surface area contributed by atoms with E-state index in [0.717, 1.165) is 11.6 Å². The third-order valence-electron chi connectivity index (χ3n) is 3.09. The number of nitro groups is 1. The SMILES string of the molecule is N#Cc1cc([N+](=O)[O-])ccc1C#CCNC(=O)OCc1ccccc1. The second-order valence-corrected chi connectivity index (χ2v) is 4.82. The topological polar surface area (TPSA) is 105 Å². The summed E-state index contributed by atoms with van der Waals surface area (Å²) in [5, 5.41) is 22.2. The summed E-state index contributed by atoms with van der Waals surface area (Å²) in [6.45, 7) is 0.177. The Morgan fingerprint density at radius 2 is 1.96 bits per heavy atom. The van der Waals surface area contributed by atoms with Crippen molar-refractivity contribution in [3.05, 3.63) is 75.3 Å². The molecule has 0 heterocycles. The molecular weight excluding hydrogens is 322 g/mol. The number of rotatable bonds is 4. The molecule has 2 aromatic rings. The smallest absolute Gasteiger partial charge is 0.408 e. The number of nitrogens with one attached hydrogen (secondary N) is 1. The van der Waals surface area contributed by atoms with E-state index in [-0.39, 0.29) is 24.4 Å². The highest BCUT2D eigenvalue weighted by Crippen LogP contribution is 2.16. The number of carbonyl (C=O) groups excluding carboxylic acids is 1. The van der Waals surface area contributed by atoms with Crippen LogP contribution in [0, 0.1) is 33.3 Å². The van der Waals surface area contributed by atoms with Crippen LogP contribution in [0.5, 0.6) is 0 Å². The number of nitro benzene ring substituents is 1. The lowest BCUT2D eigenvalue weighted by Crippen LogP contribution is -2.24. The van der Waals surface area contributed by atoms with Gasteiger partial charge in [0, 0.05) is 17.7 Å². The number of benzene rings is 2. The minimum atomic E-state index is -0.609. The van der Waals surface area contributed by atoms with Crippen molar-refractivity contribution >= 4 is 11.8 Å². The third kappa shape index (κ3) is 5.38. The Morgan fingerprint density at radius 3 is 2.64 bits per heavy atom. The highest BCUT2D eigenvalue weighted by atomic mass is 16.6. The van der Waals surface area contributed by atoms with E-state index >= 15 is 0 Å². The van der Waals surface area contributed by atoms with Crippen LogP contribution in [-0.2, 0) is 11.3 Å². The van der Waals surface area contributed by atoms with Crippen molar-refractivity contribution in [2.75, 3.05) is 6.54 Å². The van der Waals surface area contributed by atoms with Crippen LogP contribution in [0.25, 0.3) is 0 Å². The Balaban J connectivity index is 1.87.